The largest absolute Gasteiger partial charge is 0.433 e. The van der Waals surface area contributed by atoms with E-state index in [1.165, 1.54) is 13.0 Å². The summed E-state index contributed by atoms with van der Waals surface area (Å²) in [4.78, 5) is 11.2. The van der Waals surface area contributed by atoms with Gasteiger partial charge in [-0.3, -0.25) is 4.79 Å². The van der Waals surface area contributed by atoms with Gasteiger partial charge in [-0.1, -0.05) is 0 Å². The minimum atomic E-state index is -2.95. The first-order valence-electron chi connectivity index (χ1n) is 3.87. The van der Waals surface area contributed by atoms with Crippen molar-refractivity contribution in [3.63, 3.8) is 0 Å². The molecule has 1 rings (SSSR count). The van der Waals surface area contributed by atoms with Crippen LogP contribution in [0.3, 0.4) is 0 Å². The van der Waals surface area contributed by atoms with Crippen LogP contribution in [-0.4, -0.2) is 12.4 Å². The van der Waals surface area contributed by atoms with Gasteiger partial charge in [-0.15, -0.1) is 0 Å². The Balaban J connectivity index is 3.28. The van der Waals surface area contributed by atoms with Crippen molar-refractivity contribution in [2.75, 3.05) is 0 Å². The van der Waals surface area contributed by atoms with Gasteiger partial charge >= 0.3 is 6.61 Å². The summed E-state index contributed by atoms with van der Waals surface area (Å²) in [6.45, 7) is -1.65. The molecule has 0 spiro atoms. The van der Waals surface area contributed by atoms with E-state index in [4.69, 9.17) is 0 Å². The van der Waals surface area contributed by atoms with Crippen LogP contribution in [-0.2, 0) is 0 Å². The molecule has 0 N–H and O–H groups in total. The Bertz CT molecular complexity index is 396. The number of hydrogen-bond donors (Lipinski definition) is 0. The van der Waals surface area contributed by atoms with Crippen molar-refractivity contribution in [3.05, 3.63) is 25.7 Å². The molecule has 1 aromatic carbocycles. The van der Waals surface area contributed by atoms with Gasteiger partial charge in [0.25, 0.3) is 0 Å². The first-order chi connectivity index (χ1) is 6.93. The minimum Gasteiger partial charge on any atom is -0.433 e. The summed E-state index contributed by atoms with van der Waals surface area (Å²) in [6, 6.07) is 3.12. The van der Waals surface area contributed by atoms with Gasteiger partial charge < -0.3 is 4.74 Å². The van der Waals surface area contributed by atoms with Crippen LogP contribution in [0.2, 0.25) is 0 Å². The molecule has 0 atom stereocenters. The lowest BCUT2D eigenvalue weighted by Gasteiger charge is -2.11. The standard InChI is InChI=1S/C9H6BrF2IO2/c1-4(14)5-2-3-6(13)7(10)8(5)15-9(11)12/h2-3,9H,1H3. The predicted molar refractivity (Wildman–Crippen MR) is 63.5 cm³/mol. The van der Waals surface area contributed by atoms with Crippen molar-refractivity contribution in [2.45, 2.75) is 13.5 Å². The molecule has 0 unspecified atom stereocenters. The summed E-state index contributed by atoms with van der Waals surface area (Å²) < 4.78 is 29.6. The second-order valence-corrected chi connectivity index (χ2v) is 4.63. The highest BCUT2D eigenvalue weighted by atomic mass is 127. The fraction of sp³-hybridized carbons (Fsp3) is 0.222. The third-order valence-corrected chi connectivity index (χ3v) is 4.06. The maximum absolute atomic E-state index is 12.1. The van der Waals surface area contributed by atoms with Crippen LogP contribution in [0.15, 0.2) is 16.6 Å². The zero-order valence-corrected chi connectivity index (χ0v) is 11.3. The Morgan fingerprint density at radius 2 is 2.13 bits per heavy atom. The van der Waals surface area contributed by atoms with E-state index in [0.717, 1.165) is 0 Å². The van der Waals surface area contributed by atoms with E-state index in [1.807, 2.05) is 22.6 Å². The monoisotopic (exact) mass is 390 g/mol. The maximum atomic E-state index is 12.1. The number of halogens is 4. The normalized spacial score (nSPS) is 10.5. The van der Waals surface area contributed by atoms with E-state index < -0.39 is 6.61 Å². The van der Waals surface area contributed by atoms with E-state index in [0.29, 0.717) is 8.04 Å². The van der Waals surface area contributed by atoms with Crippen LogP contribution < -0.4 is 4.74 Å². The van der Waals surface area contributed by atoms with Gasteiger partial charge in [0, 0.05) is 3.57 Å². The predicted octanol–water partition coefficient (Wildman–Crippen LogP) is 3.86. The fourth-order valence-electron chi connectivity index (χ4n) is 1.01. The highest BCUT2D eigenvalue weighted by Gasteiger charge is 2.17. The first-order valence-corrected chi connectivity index (χ1v) is 5.74. The second-order valence-electron chi connectivity index (χ2n) is 2.67. The molecule has 0 aromatic heterocycles. The van der Waals surface area contributed by atoms with E-state index in [1.54, 1.807) is 6.07 Å². The first kappa shape index (κ1) is 12.8. The summed E-state index contributed by atoms with van der Waals surface area (Å²) in [6.07, 6.45) is 0. The van der Waals surface area contributed by atoms with Crippen molar-refractivity contribution < 1.29 is 18.3 Å². The SMILES string of the molecule is CC(=O)c1ccc(I)c(Br)c1OC(F)F. The topological polar surface area (TPSA) is 26.3 Å². The molecule has 1 aromatic rings. The maximum Gasteiger partial charge on any atom is 0.387 e. The van der Waals surface area contributed by atoms with Gasteiger partial charge in [0.1, 0.15) is 0 Å². The van der Waals surface area contributed by atoms with Gasteiger partial charge in [-0.2, -0.15) is 8.78 Å². The second kappa shape index (κ2) is 5.20. The van der Waals surface area contributed by atoms with Crippen LogP contribution in [0.5, 0.6) is 5.75 Å². The number of ether oxygens (including phenoxy) is 1. The summed E-state index contributed by atoms with van der Waals surface area (Å²) in [5.74, 6) is -0.424. The number of alkyl halides is 2. The van der Waals surface area contributed by atoms with Gasteiger partial charge in [-0.05, 0) is 57.6 Å². The Labute approximate surface area is 107 Å². The Kier molecular flexibility index (Phi) is 4.45. The molecule has 0 heterocycles. The van der Waals surface area contributed by atoms with Gasteiger partial charge in [0.05, 0.1) is 10.0 Å². The molecule has 0 aliphatic heterocycles. The smallest absolute Gasteiger partial charge is 0.387 e. The Morgan fingerprint density at radius 3 is 2.60 bits per heavy atom. The van der Waals surface area contributed by atoms with Crippen LogP contribution >= 0.6 is 38.5 Å². The van der Waals surface area contributed by atoms with Crippen LogP contribution in [0.25, 0.3) is 0 Å². The molecular weight excluding hydrogens is 385 g/mol. The van der Waals surface area contributed by atoms with E-state index >= 15 is 0 Å². The highest BCUT2D eigenvalue weighted by molar-refractivity contribution is 14.1. The number of benzene rings is 1. The molecule has 0 saturated carbocycles. The molecule has 0 aliphatic carbocycles. The van der Waals surface area contributed by atoms with E-state index in [-0.39, 0.29) is 17.1 Å². The van der Waals surface area contributed by atoms with Crippen molar-refractivity contribution >= 4 is 44.3 Å². The average molecular weight is 391 g/mol. The average Bonchev–Trinajstić information content (AvgIpc) is 2.12. The number of carbonyl (C=O) groups excluding carboxylic acids is 1. The minimum absolute atomic E-state index is 0.107. The summed E-state index contributed by atoms with van der Waals surface area (Å²) in [7, 11) is 0. The van der Waals surface area contributed by atoms with Crippen molar-refractivity contribution in [1.29, 1.82) is 0 Å². The zero-order chi connectivity index (χ0) is 11.6. The van der Waals surface area contributed by atoms with Crippen molar-refractivity contribution in [3.8, 4) is 5.75 Å². The molecule has 82 valence electrons. The lowest BCUT2D eigenvalue weighted by Crippen LogP contribution is -2.07. The van der Waals surface area contributed by atoms with E-state index in [2.05, 4.69) is 20.7 Å². The van der Waals surface area contributed by atoms with Crippen LogP contribution in [0.4, 0.5) is 8.78 Å². The van der Waals surface area contributed by atoms with Gasteiger partial charge in [0.15, 0.2) is 11.5 Å². The quantitative estimate of drug-likeness (QED) is 0.578. The third-order valence-electron chi connectivity index (χ3n) is 1.64. The molecule has 0 saturated heterocycles. The molecule has 0 amide bonds. The highest BCUT2D eigenvalue weighted by Crippen LogP contribution is 2.34. The summed E-state index contributed by atoms with van der Waals surface area (Å²) >= 11 is 5.06. The van der Waals surface area contributed by atoms with Gasteiger partial charge in [-0.25, -0.2) is 0 Å². The van der Waals surface area contributed by atoms with Crippen LogP contribution in [0.1, 0.15) is 17.3 Å². The van der Waals surface area contributed by atoms with Crippen molar-refractivity contribution in [1.82, 2.24) is 0 Å². The molecule has 0 bridgehead atoms. The molecule has 15 heavy (non-hydrogen) atoms. The number of Topliss-reactive ketones (excluding diaryl/α,β-unsaturated/α-hetero) is 1. The Hall–Kier alpha value is -0.240. The molecule has 0 radical (unpaired) electrons. The Morgan fingerprint density at radius 1 is 1.53 bits per heavy atom. The molecule has 0 aliphatic rings. The third kappa shape index (κ3) is 3.10. The molecule has 6 heteroatoms. The van der Waals surface area contributed by atoms with E-state index in [9.17, 15) is 13.6 Å². The molecular formula is C9H6BrF2IO2. The zero-order valence-electron chi connectivity index (χ0n) is 7.56. The fourth-order valence-corrected chi connectivity index (χ4v) is 1.88. The van der Waals surface area contributed by atoms with Crippen molar-refractivity contribution in [2.24, 2.45) is 0 Å². The number of carbonyl (C=O) groups is 1. The lowest BCUT2D eigenvalue weighted by atomic mass is 10.1. The molecule has 2 nitrogen and oxygen atoms in total. The van der Waals surface area contributed by atoms with Crippen LogP contribution in [0, 0.1) is 3.57 Å². The lowest BCUT2D eigenvalue weighted by molar-refractivity contribution is -0.0506. The molecule has 0 fully saturated rings. The number of ketones is 1. The van der Waals surface area contributed by atoms with Gasteiger partial charge in [0.2, 0.25) is 0 Å². The number of rotatable bonds is 3. The summed E-state index contributed by atoms with van der Waals surface area (Å²) in [5.41, 5.74) is 0.141. The number of hydrogen-bond acceptors (Lipinski definition) is 2. The summed E-state index contributed by atoms with van der Waals surface area (Å²) in [5, 5.41) is 0.